The minimum absolute atomic E-state index is 0.0983. The molecule has 1 aromatic heterocycles. The maximum Gasteiger partial charge on any atom is 0.287 e. The molecule has 0 spiro atoms. The second-order valence-electron chi connectivity index (χ2n) is 6.13. The molecule has 0 atom stereocenters. The molecule has 1 aliphatic heterocycles. The largest absolute Gasteiger partial charge is 0.456 e. The lowest BCUT2D eigenvalue weighted by Gasteiger charge is -2.26. The molecule has 0 unspecified atom stereocenters. The van der Waals surface area contributed by atoms with Crippen LogP contribution in [-0.2, 0) is 27.1 Å². The number of sulfonamides is 1. The lowest BCUT2D eigenvalue weighted by Crippen LogP contribution is -2.41. The summed E-state index contributed by atoms with van der Waals surface area (Å²) in [5.41, 5.74) is 1.44. The fourth-order valence-corrected chi connectivity index (χ4v) is 4.37. The van der Waals surface area contributed by atoms with E-state index in [-0.39, 0.29) is 24.0 Å². The molecular formula is C18H22N2O5S. The van der Waals surface area contributed by atoms with E-state index in [9.17, 15) is 13.2 Å². The highest BCUT2D eigenvalue weighted by atomic mass is 32.2. The van der Waals surface area contributed by atoms with Gasteiger partial charge in [0, 0.05) is 19.6 Å². The Kier molecular flexibility index (Phi) is 5.75. The molecule has 0 radical (unpaired) electrons. The number of nitrogens with zero attached hydrogens (tertiary/aromatic N) is 1. The van der Waals surface area contributed by atoms with Gasteiger partial charge in [-0.1, -0.05) is 24.3 Å². The van der Waals surface area contributed by atoms with Crippen molar-refractivity contribution in [1.82, 2.24) is 9.62 Å². The summed E-state index contributed by atoms with van der Waals surface area (Å²) < 4.78 is 37.2. The summed E-state index contributed by atoms with van der Waals surface area (Å²) in [7, 11) is -3.42. The Labute approximate surface area is 153 Å². The second-order valence-corrected chi connectivity index (χ2v) is 8.10. The zero-order valence-corrected chi connectivity index (χ0v) is 15.4. The minimum atomic E-state index is -3.42. The molecule has 1 fully saturated rings. The topological polar surface area (TPSA) is 88.9 Å². The van der Waals surface area contributed by atoms with Crippen molar-refractivity contribution in [3.8, 4) is 0 Å². The van der Waals surface area contributed by atoms with Crippen LogP contribution in [0.1, 0.15) is 27.4 Å². The van der Waals surface area contributed by atoms with Crippen LogP contribution in [-0.4, -0.2) is 44.9 Å². The van der Waals surface area contributed by atoms with Gasteiger partial charge in [-0.15, -0.1) is 0 Å². The number of carbonyl (C=O) groups is 1. The van der Waals surface area contributed by atoms with Crippen LogP contribution in [0.4, 0.5) is 0 Å². The van der Waals surface area contributed by atoms with Crippen molar-refractivity contribution in [1.29, 1.82) is 0 Å². The Hall–Kier alpha value is -2.16. The van der Waals surface area contributed by atoms with Gasteiger partial charge < -0.3 is 14.5 Å². The van der Waals surface area contributed by atoms with Crippen molar-refractivity contribution in [2.24, 2.45) is 0 Å². The normalized spacial score (nSPS) is 15.7. The van der Waals surface area contributed by atoms with Gasteiger partial charge in [0.15, 0.2) is 5.76 Å². The summed E-state index contributed by atoms with van der Waals surface area (Å²) in [6.45, 7) is 3.58. The summed E-state index contributed by atoms with van der Waals surface area (Å²) >= 11 is 0. The summed E-state index contributed by atoms with van der Waals surface area (Å²) in [6, 6.07) is 10.5. The average molecular weight is 378 g/mol. The maximum absolute atomic E-state index is 12.6. The van der Waals surface area contributed by atoms with Gasteiger partial charge >= 0.3 is 0 Å². The summed E-state index contributed by atoms with van der Waals surface area (Å²) in [5, 5.41) is 2.77. The van der Waals surface area contributed by atoms with Crippen LogP contribution in [0.3, 0.4) is 0 Å². The van der Waals surface area contributed by atoms with Crippen LogP contribution in [0.5, 0.6) is 0 Å². The minimum Gasteiger partial charge on any atom is -0.456 e. The van der Waals surface area contributed by atoms with Crippen molar-refractivity contribution < 1.29 is 22.4 Å². The van der Waals surface area contributed by atoms with Gasteiger partial charge in [-0.05, 0) is 30.2 Å². The van der Waals surface area contributed by atoms with Gasteiger partial charge in [0.2, 0.25) is 10.0 Å². The third-order valence-corrected chi connectivity index (χ3v) is 6.05. The number of benzene rings is 1. The van der Waals surface area contributed by atoms with E-state index >= 15 is 0 Å². The quantitative estimate of drug-likeness (QED) is 0.826. The molecule has 2 aromatic rings. The van der Waals surface area contributed by atoms with Gasteiger partial charge in [0.1, 0.15) is 5.76 Å². The molecule has 0 bridgehead atoms. The predicted octanol–water partition coefficient (Wildman–Crippen LogP) is 1.68. The third kappa shape index (κ3) is 4.51. The van der Waals surface area contributed by atoms with Crippen molar-refractivity contribution in [2.45, 2.75) is 19.2 Å². The molecule has 1 N–H and O–H groups in total. The lowest BCUT2D eigenvalue weighted by molar-refractivity contribution is 0.0729. The van der Waals surface area contributed by atoms with Crippen LogP contribution < -0.4 is 5.32 Å². The molecule has 1 aliphatic rings. The highest BCUT2D eigenvalue weighted by Gasteiger charge is 2.25. The van der Waals surface area contributed by atoms with Crippen LogP contribution >= 0.6 is 0 Å². The van der Waals surface area contributed by atoms with E-state index in [2.05, 4.69) is 5.32 Å². The second kappa shape index (κ2) is 8.03. The van der Waals surface area contributed by atoms with Crippen molar-refractivity contribution in [3.63, 3.8) is 0 Å². The number of rotatable bonds is 6. The zero-order valence-electron chi connectivity index (χ0n) is 14.6. The van der Waals surface area contributed by atoms with Gasteiger partial charge in [0.05, 0.1) is 19.0 Å². The maximum atomic E-state index is 12.6. The lowest BCUT2D eigenvalue weighted by atomic mass is 10.1. The number of hydrogen-bond acceptors (Lipinski definition) is 5. The van der Waals surface area contributed by atoms with Crippen LogP contribution in [0.15, 0.2) is 40.8 Å². The molecule has 1 aromatic carbocycles. The molecule has 0 saturated carbocycles. The highest BCUT2D eigenvalue weighted by molar-refractivity contribution is 7.88. The Morgan fingerprint density at radius 2 is 1.81 bits per heavy atom. The molecule has 3 rings (SSSR count). The summed E-state index contributed by atoms with van der Waals surface area (Å²) in [4.78, 5) is 12.1. The molecule has 0 aliphatic carbocycles. The first-order chi connectivity index (χ1) is 12.5. The van der Waals surface area contributed by atoms with Crippen LogP contribution in [0.25, 0.3) is 0 Å². The summed E-state index contributed by atoms with van der Waals surface area (Å²) in [5.74, 6) is 0.468. The summed E-state index contributed by atoms with van der Waals surface area (Å²) in [6.07, 6.45) is 0. The molecule has 8 heteroatoms. The number of furan rings is 1. The monoisotopic (exact) mass is 378 g/mol. The molecule has 1 amide bonds. The molecular weight excluding hydrogens is 356 g/mol. The zero-order chi connectivity index (χ0) is 18.6. The molecule has 7 nitrogen and oxygen atoms in total. The van der Waals surface area contributed by atoms with E-state index in [1.54, 1.807) is 31.2 Å². The first-order valence-electron chi connectivity index (χ1n) is 8.43. The van der Waals surface area contributed by atoms with Crippen LogP contribution in [0.2, 0.25) is 0 Å². The number of amides is 1. The fraction of sp³-hybridized carbons (Fsp3) is 0.389. The van der Waals surface area contributed by atoms with Gasteiger partial charge in [0.25, 0.3) is 5.91 Å². The first kappa shape index (κ1) is 18.6. The number of carbonyl (C=O) groups excluding carboxylic acids is 1. The Morgan fingerprint density at radius 3 is 2.46 bits per heavy atom. The van der Waals surface area contributed by atoms with E-state index in [1.165, 1.54) is 4.31 Å². The van der Waals surface area contributed by atoms with E-state index in [1.807, 2.05) is 12.1 Å². The Morgan fingerprint density at radius 1 is 1.12 bits per heavy atom. The SMILES string of the molecule is Cc1ccc(C(=O)NCc2ccccc2CS(=O)(=O)N2CCOCC2)o1. The molecule has 1 saturated heterocycles. The fourth-order valence-electron chi connectivity index (χ4n) is 2.80. The average Bonchev–Trinajstić information content (AvgIpc) is 3.08. The predicted molar refractivity (Wildman–Crippen MR) is 96.1 cm³/mol. The smallest absolute Gasteiger partial charge is 0.287 e. The highest BCUT2D eigenvalue weighted by Crippen LogP contribution is 2.17. The van der Waals surface area contributed by atoms with Gasteiger partial charge in [-0.25, -0.2) is 8.42 Å². The molecule has 140 valence electrons. The number of nitrogens with one attached hydrogen (secondary N) is 1. The van der Waals surface area contributed by atoms with Crippen molar-refractivity contribution >= 4 is 15.9 Å². The van der Waals surface area contributed by atoms with Crippen molar-refractivity contribution in [3.05, 3.63) is 59.0 Å². The van der Waals surface area contributed by atoms with E-state index in [0.717, 1.165) is 5.56 Å². The molecule has 26 heavy (non-hydrogen) atoms. The number of aryl methyl sites for hydroxylation is 1. The number of hydrogen-bond donors (Lipinski definition) is 1. The molecule has 2 heterocycles. The van der Waals surface area contributed by atoms with Crippen molar-refractivity contribution in [2.75, 3.05) is 26.3 Å². The Bertz CT molecular complexity index is 869. The first-order valence-corrected chi connectivity index (χ1v) is 10.0. The van der Waals surface area contributed by atoms with Gasteiger partial charge in [-0.3, -0.25) is 4.79 Å². The van der Waals surface area contributed by atoms with E-state index in [0.29, 0.717) is 37.6 Å². The number of ether oxygens (including phenoxy) is 1. The Balaban J connectivity index is 1.68. The number of morpholine rings is 1. The standard InChI is InChI=1S/C18H22N2O5S/c1-14-6-7-17(25-14)18(21)19-12-15-4-2-3-5-16(15)13-26(22,23)20-8-10-24-11-9-20/h2-7H,8-13H2,1H3,(H,19,21). The van der Waals surface area contributed by atoms with E-state index < -0.39 is 10.0 Å². The van der Waals surface area contributed by atoms with Gasteiger partial charge in [-0.2, -0.15) is 4.31 Å². The van der Waals surface area contributed by atoms with Crippen LogP contribution in [0, 0.1) is 6.92 Å². The van der Waals surface area contributed by atoms with E-state index in [4.69, 9.17) is 9.15 Å². The third-order valence-electron chi connectivity index (χ3n) is 4.22.